The van der Waals surface area contributed by atoms with E-state index < -0.39 is 18.4 Å². The Kier molecular flexibility index (Phi) is 2.68. The molecule has 0 spiro atoms. The average Bonchev–Trinajstić information content (AvgIpc) is 3.13. The zero-order valence-electron chi connectivity index (χ0n) is 13.9. The monoisotopic (exact) mass is 294 g/mol. The fourth-order valence-corrected chi connectivity index (χ4v) is 2.61. The topological polar surface area (TPSA) is 50.9 Å². The van der Waals surface area contributed by atoms with Crippen LogP contribution >= 0.6 is 11.6 Å². The predicted octanol–water partition coefficient (Wildman–Crippen LogP) is 2.87. The van der Waals surface area contributed by atoms with Crippen molar-refractivity contribution in [1.29, 1.82) is 0 Å². The van der Waals surface area contributed by atoms with Gasteiger partial charge in [0.15, 0.2) is 0 Å². The third kappa shape index (κ3) is 2.58. The van der Waals surface area contributed by atoms with Crippen molar-refractivity contribution in [3.8, 4) is 0 Å². The first-order chi connectivity index (χ1) is 10.8. The van der Waals surface area contributed by atoms with E-state index in [2.05, 4.69) is 10.1 Å². The second kappa shape index (κ2) is 5.19. The molecule has 0 bridgehead atoms. The van der Waals surface area contributed by atoms with Crippen LogP contribution in [0.3, 0.4) is 0 Å². The van der Waals surface area contributed by atoms with Gasteiger partial charge in [0, 0.05) is 9.13 Å². The number of nitrogens with zero attached hydrogens (tertiary/aromatic N) is 3. The van der Waals surface area contributed by atoms with Gasteiger partial charge < -0.3 is 5.11 Å². The second-order valence-corrected chi connectivity index (χ2v) is 5.78. The molecule has 5 heteroatoms. The highest BCUT2D eigenvalue weighted by Crippen LogP contribution is 2.46. The number of aliphatic hydroxyl groups is 1. The summed E-state index contributed by atoms with van der Waals surface area (Å²) in [7, 11) is 0. The van der Waals surface area contributed by atoms with Crippen LogP contribution in [0, 0.1) is 11.8 Å². The normalized spacial score (nSPS) is 22.4. The Hall–Kier alpha value is -1.39. The van der Waals surface area contributed by atoms with Crippen LogP contribution in [0.2, 0.25) is 5.02 Å². The largest absolute Gasteiger partial charge is 0.383 e. The van der Waals surface area contributed by atoms with Gasteiger partial charge in [-0.2, -0.15) is 5.10 Å². The van der Waals surface area contributed by atoms with Gasteiger partial charge in [-0.3, -0.25) is 0 Å². The van der Waals surface area contributed by atoms with Crippen LogP contribution in [0.1, 0.15) is 29.4 Å². The standard InChI is InChI=1S/C15H18ClN3O/c1-11(12-2-3-12)15(20,8-19-10-17-9-18-19)13-4-6-14(16)7-5-13/h4-7,9-12,20H,2-3,8H2,1H3/i1D3. The van der Waals surface area contributed by atoms with Crippen molar-refractivity contribution in [3.05, 3.63) is 47.5 Å². The summed E-state index contributed by atoms with van der Waals surface area (Å²) in [6.45, 7) is -2.23. The summed E-state index contributed by atoms with van der Waals surface area (Å²) in [5, 5.41) is 16.0. The van der Waals surface area contributed by atoms with Crippen LogP contribution in [0.4, 0.5) is 0 Å². The molecule has 106 valence electrons. The SMILES string of the molecule is [2H]C([2H])([2H])C(C1CC1)C(O)(Cn1cncn1)c1ccc(Cl)cc1. The Balaban J connectivity index is 2.06. The molecule has 2 unspecified atom stereocenters. The quantitative estimate of drug-likeness (QED) is 0.922. The van der Waals surface area contributed by atoms with E-state index in [1.807, 2.05) is 0 Å². The molecule has 0 aliphatic heterocycles. The molecule has 0 saturated heterocycles. The third-order valence-corrected chi connectivity index (χ3v) is 4.07. The fraction of sp³-hybridized carbons (Fsp3) is 0.467. The van der Waals surface area contributed by atoms with E-state index >= 15 is 0 Å². The molecule has 0 radical (unpaired) electrons. The van der Waals surface area contributed by atoms with E-state index in [-0.39, 0.29) is 12.5 Å². The maximum absolute atomic E-state index is 11.5. The molecule has 4 nitrogen and oxygen atoms in total. The number of hydrogen-bond acceptors (Lipinski definition) is 3. The maximum Gasteiger partial charge on any atom is 0.137 e. The number of rotatable bonds is 5. The van der Waals surface area contributed by atoms with Crippen molar-refractivity contribution in [2.75, 3.05) is 0 Å². The lowest BCUT2D eigenvalue weighted by molar-refractivity contribution is -0.0442. The van der Waals surface area contributed by atoms with Crippen LogP contribution in [-0.4, -0.2) is 19.9 Å². The van der Waals surface area contributed by atoms with Gasteiger partial charge in [-0.1, -0.05) is 30.6 Å². The number of halogens is 1. The zero-order chi connectivity index (χ0) is 16.7. The van der Waals surface area contributed by atoms with Crippen molar-refractivity contribution < 1.29 is 9.22 Å². The molecule has 1 aromatic heterocycles. The number of hydrogen-bond donors (Lipinski definition) is 1. The molecule has 1 fully saturated rings. The molecule has 1 aliphatic rings. The van der Waals surface area contributed by atoms with E-state index in [0.29, 0.717) is 10.6 Å². The van der Waals surface area contributed by atoms with Crippen molar-refractivity contribution in [1.82, 2.24) is 14.8 Å². The molecular weight excluding hydrogens is 274 g/mol. The Morgan fingerprint density at radius 1 is 1.50 bits per heavy atom. The lowest BCUT2D eigenvalue weighted by atomic mass is 9.79. The van der Waals surface area contributed by atoms with Gasteiger partial charge >= 0.3 is 0 Å². The van der Waals surface area contributed by atoms with Crippen LogP contribution in [0.25, 0.3) is 0 Å². The van der Waals surface area contributed by atoms with Gasteiger partial charge in [-0.15, -0.1) is 0 Å². The average molecular weight is 295 g/mol. The lowest BCUT2D eigenvalue weighted by Crippen LogP contribution is -2.39. The third-order valence-electron chi connectivity index (χ3n) is 3.82. The first-order valence-corrected chi connectivity index (χ1v) is 6.99. The minimum atomic E-state index is -2.27. The van der Waals surface area contributed by atoms with Crippen molar-refractivity contribution in [2.45, 2.75) is 31.8 Å². The van der Waals surface area contributed by atoms with Gasteiger partial charge in [0.05, 0.1) is 6.54 Å². The summed E-state index contributed by atoms with van der Waals surface area (Å²) in [4.78, 5) is 3.88. The van der Waals surface area contributed by atoms with Gasteiger partial charge in [0.25, 0.3) is 0 Å². The van der Waals surface area contributed by atoms with E-state index in [0.717, 1.165) is 12.8 Å². The molecule has 3 rings (SSSR count). The van der Waals surface area contributed by atoms with E-state index in [1.54, 1.807) is 24.3 Å². The Labute approximate surface area is 127 Å². The summed E-state index contributed by atoms with van der Waals surface area (Å²) in [5.41, 5.74) is -1.03. The van der Waals surface area contributed by atoms with E-state index in [1.165, 1.54) is 17.3 Å². The molecule has 1 aliphatic carbocycles. The van der Waals surface area contributed by atoms with Crippen LogP contribution < -0.4 is 0 Å². The molecular formula is C15H18ClN3O. The Bertz CT molecular complexity index is 656. The summed E-state index contributed by atoms with van der Waals surface area (Å²) in [5.74, 6) is -0.882. The molecule has 1 N–H and O–H groups in total. The number of benzene rings is 1. The maximum atomic E-state index is 11.5. The smallest absolute Gasteiger partial charge is 0.137 e. The first kappa shape index (κ1) is 10.4. The molecule has 1 heterocycles. The van der Waals surface area contributed by atoms with Crippen LogP contribution in [-0.2, 0) is 12.1 Å². The summed E-state index contributed by atoms with van der Waals surface area (Å²) in [6, 6.07) is 6.68. The summed E-state index contributed by atoms with van der Waals surface area (Å²) >= 11 is 5.93. The zero-order valence-corrected chi connectivity index (χ0v) is 11.7. The summed E-state index contributed by atoms with van der Waals surface area (Å²) in [6.07, 6.45) is 4.47. The Morgan fingerprint density at radius 2 is 2.25 bits per heavy atom. The Morgan fingerprint density at radius 3 is 2.80 bits per heavy atom. The highest BCUT2D eigenvalue weighted by Gasteiger charge is 2.44. The molecule has 2 atom stereocenters. The fourth-order valence-electron chi connectivity index (χ4n) is 2.49. The lowest BCUT2D eigenvalue weighted by Gasteiger charge is -2.35. The van der Waals surface area contributed by atoms with Crippen LogP contribution in [0.15, 0.2) is 36.9 Å². The van der Waals surface area contributed by atoms with Crippen molar-refractivity contribution in [3.63, 3.8) is 0 Å². The minimum Gasteiger partial charge on any atom is -0.383 e. The molecule has 0 amide bonds. The molecule has 20 heavy (non-hydrogen) atoms. The minimum absolute atomic E-state index is 0.0216. The van der Waals surface area contributed by atoms with Gasteiger partial charge in [-0.25, -0.2) is 9.67 Å². The van der Waals surface area contributed by atoms with E-state index in [9.17, 15) is 5.11 Å². The van der Waals surface area contributed by atoms with Gasteiger partial charge in [0.1, 0.15) is 18.3 Å². The first-order valence-electron chi connectivity index (χ1n) is 8.11. The van der Waals surface area contributed by atoms with Crippen LogP contribution in [0.5, 0.6) is 0 Å². The summed E-state index contributed by atoms with van der Waals surface area (Å²) < 4.78 is 25.3. The molecule has 1 saturated carbocycles. The molecule has 1 aromatic carbocycles. The molecule has 2 aromatic rings. The van der Waals surface area contributed by atoms with E-state index in [4.69, 9.17) is 15.7 Å². The van der Waals surface area contributed by atoms with Gasteiger partial charge in [-0.05, 0) is 42.4 Å². The highest BCUT2D eigenvalue weighted by atomic mass is 35.5. The van der Waals surface area contributed by atoms with Gasteiger partial charge in [0.2, 0.25) is 0 Å². The van der Waals surface area contributed by atoms with Crippen molar-refractivity contribution >= 4 is 11.6 Å². The second-order valence-electron chi connectivity index (χ2n) is 5.34. The predicted molar refractivity (Wildman–Crippen MR) is 77.3 cm³/mol. The van der Waals surface area contributed by atoms with Crippen molar-refractivity contribution in [2.24, 2.45) is 11.8 Å². The highest BCUT2D eigenvalue weighted by molar-refractivity contribution is 6.30. The number of aromatic nitrogens is 3.